The van der Waals surface area contributed by atoms with E-state index in [0.717, 1.165) is 19.3 Å². The first kappa shape index (κ1) is 10.7. The van der Waals surface area contributed by atoms with Gasteiger partial charge in [-0.3, -0.25) is 5.11 Å². The number of rotatable bonds is 4. The molecular formula is C15H15O. The standard InChI is InChI=1S/C15H15O/c16-15-11-9-14(10-12-15)8-4-7-13-5-2-1-3-6-13/h1-3,5-6,9-12H,4,7-8H2. The fourth-order valence-corrected chi connectivity index (χ4v) is 1.80. The summed E-state index contributed by atoms with van der Waals surface area (Å²) < 4.78 is 0. The highest BCUT2D eigenvalue weighted by Crippen LogP contribution is 2.13. The molecule has 0 aliphatic carbocycles. The molecule has 1 heteroatoms. The summed E-state index contributed by atoms with van der Waals surface area (Å²) in [6.07, 6.45) is 3.26. The van der Waals surface area contributed by atoms with Crippen LogP contribution in [0.15, 0.2) is 54.6 Å². The van der Waals surface area contributed by atoms with Gasteiger partial charge in [0.15, 0.2) is 5.75 Å². The molecule has 0 N–H and O–H groups in total. The molecule has 0 saturated carbocycles. The van der Waals surface area contributed by atoms with E-state index in [-0.39, 0.29) is 5.75 Å². The molecule has 81 valence electrons. The Hall–Kier alpha value is -1.76. The lowest BCUT2D eigenvalue weighted by atomic mass is 10.0. The molecular weight excluding hydrogens is 196 g/mol. The van der Waals surface area contributed by atoms with Gasteiger partial charge in [0.25, 0.3) is 0 Å². The molecule has 0 unspecified atom stereocenters. The van der Waals surface area contributed by atoms with Crippen LogP contribution in [0.4, 0.5) is 0 Å². The lowest BCUT2D eigenvalue weighted by Gasteiger charge is -2.02. The zero-order chi connectivity index (χ0) is 11.2. The first-order valence-electron chi connectivity index (χ1n) is 5.64. The summed E-state index contributed by atoms with van der Waals surface area (Å²) in [5.41, 5.74) is 2.62. The average molecular weight is 211 g/mol. The van der Waals surface area contributed by atoms with Crippen LogP contribution in [-0.4, -0.2) is 0 Å². The zero-order valence-corrected chi connectivity index (χ0v) is 9.23. The van der Waals surface area contributed by atoms with Crippen LogP contribution in [-0.2, 0) is 17.9 Å². The van der Waals surface area contributed by atoms with Gasteiger partial charge in [-0.1, -0.05) is 42.5 Å². The largest absolute Gasteiger partial charge is 0.290 e. The Labute approximate surface area is 96.4 Å². The third kappa shape index (κ3) is 3.13. The molecule has 0 atom stereocenters. The SMILES string of the molecule is [O]c1ccc(CCCc2ccccc2)cc1. The van der Waals surface area contributed by atoms with Gasteiger partial charge in [0, 0.05) is 0 Å². The number of hydrogen-bond acceptors (Lipinski definition) is 0. The Morgan fingerprint density at radius 1 is 0.688 bits per heavy atom. The third-order valence-corrected chi connectivity index (χ3v) is 2.70. The number of benzene rings is 2. The Morgan fingerprint density at radius 2 is 1.25 bits per heavy atom. The van der Waals surface area contributed by atoms with Crippen LogP contribution in [0.5, 0.6) is 5.75 Å². The first-order valence-corrected chi connectivity index (χ1v) is 5.64. The molecule has 0 spiro atoms. The van der Waals surface area contributed by atoms with Gasteiger partial charge in [0.05, 0.1) is 0 Å². The van der Waals surface area contributed by atoms with Crippen molar-refractivity contribution >= 4 is 0 Å². The molecule has 1 nitrogen and oxygen atoms in total. The van der Waals surface area contributed by atoms with Crippen LogP contribution in [0.25, 0.3) is 0 Å². The molecule has 0 bridgehead atoms. The Morgan fingerprint density at radius 3 is 1.88 bits per heavy atom. The van der Waals surface area contributed by atoms with Crippen LogP contribution in [0, 0.1) is 0 Å². The van der Waals surface area contributed by atoms with Crippen molar-refractivity contribution in [3.8, 4) is 5.75 Å². The van der Waals surface area contributed by atoms with E-state index in [9.17, 15) is 5.11 Å². The minimum Gasteiger partial charge on any atom is -0.290 e. The molecule has 2 rings (SSSR count). The third-order valence-electron chi connectivity index (χ3n) is 2.70. The lowest BCUT2D eigenvalue weighted by molar-refractivity contribution is 0.355. The summed E-state index contributed by atoms with van der Waals surface area (Å²) in [4.78, 5) is 0. The van der Waals surface area contributed by atoms with Crippen LogP contribution < -0.4 is 0 Å². The normalized spacial score (nSPS) is 10.2. The second-order valence-electron chi connectivity index (χ2n) is 3.98. The van der Waals surface area contributed by atoms with Gasteiger partial charge in [-0.05, 0) is 42.5 Å². The summed E-state index contributed by atoms with van der Waals surface area (Å²) in [7, 11) is 0. The molecule has 1 radical (unpaired) electrons. The molecule has 16 heavy (non-hydrogen) atoms. The van der Waals surface area contributed by atoms with E-state index < -0.39 is 0 Å². The fraction of sp³-hybridized carbons (Fsp3) is 0.200. The minimum absolute atomic E-state index is 0.0896. The van der Waals surface area contributed by atoms with Gasteiger partial charge in [-0.2, -0.15) is 0 Å². The second-order valence-corrected chi connectivity index (χ2v) is 3.98. The Balaban J connectivity index is 1.82. The predicted octanol–water partition coefficient (Wildman–Crippen LogP) is 4.01. The highest BCUT2D eigenvalue weighted by atomic mass is 16.3. The first-order chi connectivity index (χ1) is 7.84. The van der Waals surface area contributed by atoms with Crippen molar-refractivity contribution in [3.63, 3.8) is 0 Å². The van der Waals surface area contributed by atoms with E-state index in [1.165, 1.54) is 11.1 Å². The van der Waals surface area contributed by atoms with E-state index >= 15 is 0 Å². The van der Waals surface area contributed by atoms with E-state index in [1.807, 2.05) is 18.2 Å². The predicted molar refractivity (Wildman–Crippen MR) is 65.0 cm³/mol. The molecule has 0 aliphatic rings. The zero-order valence-electron chi connectivity index (χ0n) is 9.23. The number of hydrogen-bond donors (Lipinski definition) is 0. The number of aryl methyl sites for hydroxylation is 2. The van der Waals surface area contributed by atoms with Crippen LogP contribution >= 0.6 is 0 Å². The maximum atomic E-state index is 10.9. The highest BCUT2D eigenvalue weighted by molar-refractivity contribution is 5.26. The summed E-state index contributed by atoms with van der Waals surface area (Å²) in [5, 5.41) is 10.9. The second kappa shape index (κ2) is 5.36. The molecule has 0 saturated heterocycles. The quantitative estimate of drug-likeness (QED) is 0.728. The molecule has 0 fully saturated rings. The van der Waals surface area contributed by atoms with Crippen molar-refractivity contribution in [2.45, 2.75) is 19.3 Å². The van der Waals surface area contributed by atoms with E-state index in [1.54, 1.807) is 12.1 Å². The van der Waals surface area contributed by atoms with Gasteiger partial charge in [-0.15, -0.1) is 0 Å². The van der Waals surface area contributed by atoms with Gasteiger partial charge < -0.3 is 0 Å². The summed E-state index contributed by atoms with van der Waals surface area (Å²) in [6, 6.07) is 17.6. The van der Waals surface area contributed by atoms with Crippen LogP contribution in [0.1, 0.15) is 17.5 Å². The molecule has 2 aromatic carbocycles. The van der Waals surface area contributed by atoms with Crippen molar-refractivity contribution < 1.29 is 5.11 Å². The summed E-state index contributed by atoms with van der Waals surface area (Å²) >= 11 is 0. The molecule has 0 heterocycles. The molecule has 0 aromatic heterocycles. The summed E-state index contributed by atoms with van der Waals surface area (Å²) in [6.45, 7) is 0. The molecule has 0 aliphatic heterocycles. The smallest absolute Gasteiger partial charge is 0.178 e. The topological polar surface area (TPSA) is 19.9 Å². The molecule has 0 amide bonds. The van der Waals surface area contributed by atoms with Crippen LogP contribution in [0.2, 0.25) is 0 Å². The van der Waals surface area contributed by atoms with Crippen LogP contribution in [0.3, 0.4) is 0 Å². The maximum Gasteiger partial charge on any atom is 0.178 e. The minimum atomic E-state index is 0.0896. The van der Waals surface area contributed by atoms with Gasteiger partial charge >= 0.3 is 0 Å². The maximum absolute atomic E-state index is 10.9. The lowest BCUT2D eigenvalue weighted by Crippen LogP contribution is -1.89. The monoisotopic (exact) mass is 211 g/mol. The van der Waals surface area contributed by atoms with Crippen molar-refractivity contribution in [3.05, 3.63) is 65.7 Å². The van der Waals surface area contributed by atoms with Crippen molar-refractivity contribution in [1.82, 2.24) is 0 Å². The highest BCUT2D eigenvalue weighted by Gasteiger charge is 1.96. The van der Waals surface area contributed by atoms with Gasteiger partial charge in [-0.25, -0.2) is 0 Å². The Kier molecular flexibility index (Phi) is 3.60. The van der Waals surface area contributed by atoms with E-state index in [4.69, 9.17) is 0 Å². The van der Waals surface area contributed by atoms with Crippen molar-refractivity contribution in [1.29, 1.82) is 0 Å². The van der Waals surface area contributed by atoms with Gasteiger partial charge in [0.1, 0.15) is 0 Å². The van der Waals surface area contributed by atoms with Crippen molar-refractivity contribution in [2.24, 2.45) is 0 Å². The molecule has 2 aromatic rings. The van der Waals surface area contributed by atoms with E-state index in [0.29, 0.717) is 0 Å². The Bertz CT molecular complexity index is 417. The van der Waals surface area contributed by atoms with E-state index in [2.05, 4.69) is 24.3 Å². The fourth-order valence-electron chi connectivity index (χ4n) is 1.80. The van der Waals surface area contributed by atoms with Crippen molar-refractivity contribution in [2.75, 3.05) is 0 Å². The average Bonchev–Trinajstić information content (AvgIpc) is 2.33. The summed E-state index contributed by atoms with van der Waals surface area (Å²) in [5.74, 6) is 0.0896. The van der Waals surface area contributed by atoms with Gasteiger partial charge in [0.2, 0.25) is 0 Å².